The average molecular weight is 245 g/mol. The molecule has 0 spiro atoms. The second-order valence-electron chi connectivity index (χ2n) is 3.02. The highest BCUT2D eigenvalue weighted by Crippen LogP contribution is 2.37. The fraction of sp³-hybridized carbons (Fsp3) is 0.222. The molecule has 0 atom stereocenters. The van der Waals surface area contributed by atoms with Crippen LogP contribution < -0.4 is 5.73 Å². The molecule has 0 aliphatic rings. The molecule has 2 aromatic rings. The molecule has 0 radical (unpaired) electrons. The number of nitrogen functional groups attached to an aromatic ring is 1. The van der Waals surface area contributed by atoms with Crippen LogP contribution in [0.3, 0.4) is 0 Å². The summed E-state index contributed by atoms with van der Waals surface area (Å²) in [7, 11) is 0. The minimum Gasteiger partial charge on any atom is -0.375 e. The number of hydrogen-bond acceptors (Lipinski definition) is 4. The SMILES string of the molecule is Cc1cc(-c2nc(N)sc2C)sc1Cl. The molecule has 2 N–H and O–H groups in total. The van der Waals surface area contributed by atoms with Gasteiger partial charge in [-0.15, -0.1) is 22.7 Å². The summed E-state index contributed by atoms with van der Waals surface area (Å²) in [5.74, 6) is 0. The summed E-state index contributed by atoms with van der Waals surface area (Å²) in [6.07, 6.45) is 0. The van der Waals surface area contributed by atoms with Crippen molar-refractivity contribution in [2.75, 3.05) is 5.73 Å². The molecule has 0 bridgehead atoms. The van der Waals surface area contributed by atoms with Crippen molar-refractivity contribution in [1.29, 1.82) is 0 Å². The van der Waals surface area contributed by atoms with Gasteiger partial charge in [0.1, 0.15) is 0 Å². The maximum absolute atomic E-state index is 6.00. The molecule has 0 saturated heterocycles. The van der Waals surface area contributed by atoms with Gasteiger partial charge in [-0.1, -0.05) is 11.6 Å². The standard InChI is InChI=1S/C9H9ClN2S2/c1-4-3-6(14-8(4)10)7-5(2)13-9(11)12-7/h3H,1-2H3,(H2,11,12). The molecule has 5 heteroatoms. The van der Waals surface area contributed by atoms with Crippen LogP contribution in [0.4, 0.5) is 5.13 Å². The molecule has 0 unspecified atom stereocenters. The summed E-state index contributed by atoms with van der Waals surface area (Å²) < 4.78 is 0.825. The molecule has 0 amide bonds. The highest BCUT2D eigenvalue weighted by Gasteiger charge is 2.11. The number of aromatic nitrogens is 1. The first-order chi connectivity index (χ1) is 6.58. The number of rotatable bonds is 1. The van der Waals surface area contributed by atoms with Crippen LogP contribution in [0.1, 0.15) is 10.4 Å². The molecule has 74 valence electrons. The maximum Gasteiger partial charge on any atom is 0.180 e. The Morgan fingerprint density at radius 2 is 2.07 bits per heavy atom. The minimum atomic E-state index is 0.611. The van der Waals surface area contributed by atoms with Gasteiger partial charge < -0.3 is 5.73 Å². The summed E-state index contributed by atoms with van der Waals surface area (Å²) in [4.78, 5) is 6.52. The topological polar surface area (TPSA) is 38.9 Å². The van der Waals surface area contributed by atoms with E-state index in [0.717, 1.165) is 25.3 Å². The Morgan fingerprint density at radius 1 is 1.36 bits per heavy atom. The Morgan fingerprint density at radius 3 is 2.50 bits per heavy atom. The van der Waals surface area contributed by atoms with Crippen molar-refractivity contribution in [3.05, 3.63) is 20.8 Å². The lowest BCUT2D eigenvalue weighted by atomic mass is 10.3. The highest BCUT2D eigenvalue weighted by molar-refractivity contribution is 7.20. The summed E-state index contributed by atoms with van der Waals surface area (Å²) in [6, 6.07) is 2.05. The summed E-state index contributed by atoms with van der Waals surface area (Å²) in [6.45, 7) is 4.01. The summed E-state index contributed by atoms with van der Waals surface area (Å²) >= 11 is 9.06. The van der Waals surface area contributed by atoms with Crippen LogP contribution in [0.25, 0.3) is 10.6 Å². The highest BCUT2D eigenvalue weighted by atomic mass is 35.5. The zero-order valence-electron chi connectivity index (χ0n) is 7.80. The van der Waals surface area contributed by atoms with Crippen molar-refractivity contribution in [2.24, 2.45) is 0 Å². The van der Waals surface area contributed by atoms with Gasteiger partial charge in [-0.2, -0.15) is 0 Å². The first-order valence-corrected chi connectivity index (χ1v) is 6.08. The Labute approximate surface area is 95.4 Å². The second kappa shape index (κ2) is 3.53. The van der Waals surface area contributed by atoms with Crippen molar-refractivity contribution in [3.8, 4) is 10.6 Å². The number of thiophene rings is 1. The average Bonchev–Trinajstić information content (AvgIpc) is 2.57. The fourth-order valence-electron chi connectivity index (χ4n) is 1.22. The smallest absolute Gasteiger partial charge is 0.180 e. The lowest BCUT2D eigenvalue weighted by Crippen LogP contribution is -1.81. The third-order valence-corrected chi connectivity index (χ3v) is 4.27. The molecule has 2 heterocycles. The van der Waals surface area contributed by atoms with Gasteiger partial charge in [0.15, 0.2) is 5.13 Å². The lowest BCUT2D eigenvalue weighted by Gasteiger charge is -1.90. The fourth-order valence-corrected chi connectivity index (χ4v) is 3.24. The van der Waals surface area contributed by atoms with Gasteiger partial charge in [-0.05, 0) is 25.5 Å². The predicted octanol–water partition coefficient (Wildman–Crippen LogP) is 3.72. The molecular weight excluding hydrogens is 236 g/mol. The van der Waals surface area contributed by atoms with Gasteiger partial charge in [0.2, 0.25) is 0 Å². The van der Waals surface area contributed by atoms with Crippen molar-refractivity contribution in [2.45, 2.75) is 13.8 Å². The Bertz CT molecular complexity index is 454. The normalized spacial score (nSPS) is 10.8. The van der Waals surface area contributed by atoms with Gasteiger partial charge in [0.25, 0.3) is 0 Å². The number of nitrogens with zero attached hydrogens (tertiary/aromatic N) is 1. The zero-order valence-corrected chi connectivity index (χ0v) is 10.2. The van der Waals surface area contributed by atoms with E-state index in [2.05, 4.69) is 11.1 Å². The van der Waals surface area contributed by atoms with E-state index >= 15 is 0 Å². The van der Waals surface area contributed by atoms with E-state index in [0.29, 0.717) is 5.13 Å². The van der Waals surface area contributed by atoms with E-state index in [1.807, 2.05) is 13.8 Å². The molecule has 14 heavy (non-hydrogen) atoms. The van der Waals surface area contributed by atoms with E-state index in [-0.39, 0.29) is 0 Å². The Balaban J connectivity index is 2.54. The summed E-state index contributed by atoms with van der Waals surface area (Å²) in [5.41, 5.74) is 7.70. The van der Waals surface area contributed by atoms with E-state index in [1.165, 1.54) is 11.3 Å². The van der Waals surface area contributed by atoms with Crippen LogP contribution in [-0.2, 0) is 0 Å². The van der Waals surface area contributed by atoms with E-state index in [1.54, 1.807) is 11.3 Å². The van der Waals surface area contributed by atoms with E-state index < -0.39 is 0 Å². The van der Waals surface area contributed by atoms with Crippen LogP contribution in [0.2, 0.25) is 4.34 Å². The van der Waals surface area contributed by atoms with E-state index in [9.17, 15) is 0 Å². The summed E-state index contributed by atoms with van der Waals surface area (Å²) in [5, 5.41) is 0.611. The molecule has 2 nitrogen and oxygen atoms in total. The molecule has 0 aromatic carbocycles. The molecule has 0 saturated carbocycles. The predicted molar refractivity (Wildman–Crippen MR) is 64.3 cm³/mol. The number of thiazole rings is 1. The molecular formula is C9H9ClN2S2. The number of halogens is 1. The lowest BCUT2D eigenvalue weighted by molar-refractivity contribution is 1.39. The van der Waals surface area contributed by atoms with Crippen molar-refractivity contribution < 1.29 is 0 Å². The van der Waals surface area contributed by atoms with Crippen LogP contribution in [-0.4, -0.2) is 4.98 Å². The van der Waals surface area contributed by atoms with Crippen LogP contribution in [0, 0.1) is 13.8 Å². The Hall–Kier alpha value is -0.580. The molecule has 0 fully saturated rings. The van der Waals surface area contributed by atoms with Gasteiger partial charge in [-0.25, -0.2) is 4.98 Å². The van der Waals surface area contributed by atoms with Crippen molar-refractivity contribution >= 4 is 39.4 Å². The van der Waals surface area contributed by atoms with Gasteiger partial charge in [0.05, 0.1) is 14.9 Å². The first kappa shape index (κ1) is 9.96. The third-order valence-electron chi connectivity index (χ3n) is 1.90. The quantitative estimate of drug-likeness (QED) is 0.830. The van der Waals surface area contributed by atoms with Crippen LogP contribution in [0.5, 0.6) is 0 Å². The van der Waals surface area contributed by atoms with Crippen LogP contribution >= 0.6 is 34.3 Å². The van der Waals surface area contributed by atoms with Crippen LogP contribution in [0.15, 0.2) is 6.07 Å². The zero-order chi connectivity index (χ0) is 10.3. The number of anilines is 1. The van der Waals surface area contributed by atoms with Gasteiger partial charge in [0, 0.05) is 4.88 Å². The number of nitrogens with two attached hydrogens (primary N) is 1. The van der Waals surface area contributed by atoms with Gasteiger partial charge in [-0.3, -0.25) is 0 Å². The molecule has 0 aliphatic carbocycles. The number of hydrogen-bond donors (Lipinski definition) is 1. The Kier molecular flexibility index (Phi) is 2.51. The van der Waals surface area contributed by atoms with Crippen molar-refractivity contribution in [3.63, 3.8) is 0 Å². The van der Waals surface area contributed by atoms with Gasteiger partial charge >= 0.3 is 0 Å². The largest absolute Gasteiger partial charge is 0.375 e. The maximum atomic E-state index is 6.00. The molecule has 0 aliphatic heterocycles. The first-order valence-electron chi connectivity index (χ1n) is 4.07. The second-order valence-corrected chi connectivity index (χ2v) is 5.91. The monoisotopic (exact) mass is 244 g/mol. The van der Waals surface area contributed by atoms with E-state index in [4.69, 9.17) is 17.3 Å². The van der Waals surface area contributed by atoms with Crippen molar-refractivity contribution in [1.82, 2.24) is 4.98 Å². The molecule has 2 aromatic heterocycles. The molecule has 2 rings (SSSR count). The third kappa shape index (κ3) is 1.65. The number of aryl methyl sites for hydroxylation is 2. The minimum absolute atomic E-state index is 0.611.